The van der Waals surface area contributed by atoms with Gasteiger partial charge in [-0.25, -0.2) is 0 Å². The fourth-order valence-corrected chi connectivity index (χ4v) is 3.77. The van der Waals surface area contributed by atoms with Crippen molar-refractivity contribution in [2.24, 2.45) is 4.99 Å². The highest BCUT2D eigenvalue weighted by Gasteiger charge is 2.26. The molecule has 3 rings (SSSR count). The molecule has 2 heterocycles. The molecule has 1 aliphatic rings. The molecule has 0 fully saturated rings. The topological polar surface area (TPSA) is 52.8 Å². The number of hydrogen-bond acceptors (Lipinski definition) is 4. The predicted molar refractivity (Wildman–Crippen MR) is 111 cm³/mol. The Kier molecular flexibility index (Phi) is 5.28. The zero-order valence-corrected chi connectivity index (χ0v) is 16.9. The van der Waals surface area contributed by atoms with Gasteiger partial charge in [-0.05, 0) is 59.7 Å². The van der Waals surface area contributed by atoms with Crippen LogP contribution in [0.3, 0.4) is 0 Å². The van der Waals surface area contributed by atoms with Gasteiger partial charge in [-0.15, -0.1) is 0 Å². The van der Waals surface area contributed by atoms with Gasteiger partial charge in [0.2, 0.25) is 5.88 Å². The van der Waals surface area contributed by atoms with E-state index in [-0.39, 0.29) is 6.04 Å². The van der Waals surface area contributed by atoms with Gasteiger partial charge in [0.1, 0.15) is 0 Å². The molecule has 0 spiro atoms. The maximum Gasteiger partial charge on any atom is 0.201 e. The van der Waals surface area contributed by atoms with Crippen LogP contribution in [0.2, 0.25) is 0 Å². The van der Waals surface area contributed by atoms with Crippen molar-refractivity contribution < 1.29 is 5.11 Å². The number of aromatic nitrogens is 1. The highest BCUT2D eigenvalue weighted by Crippen LogP contribution is 2.37. The van der Waals surface area contributed by atoms with E-state index < -0.39 is 0 Å². The number of rotatable bonds is 5. The number of fused-ring (bicyclic) bond motifs is 1. The Morgan fingerprint density at radius 1 is 1.08 bits per heavy atom. The van der Waals surface area contributed by atoms with Gasteiger partial charge in [0.05, 0.1) is 23.3 Å². The Balaban J connectivity index is 2.16. The molecule has 2 N–H and O–H groups in total. The number of hydrogen-bond donors (Lipinski definition) is 2. The first-order valence-corrected chi connectivity index (χ1v) is 9.70. The van der Waals surface area contributed by atoms with Crippen molar-refractivity contribution in [3.63, 3.8) is 0 Å². The first kappa shape index (κ1) is 18.8. The monoisotopic (exact) mass is 356 g/mol. The Hall–Kier alpha value is -2.01. The number of nitrogens with zero attached hydrogens (tertiary/aromatic N) is 3. The molecule has 0 radical (unpaired) electrons. The van der Waals surface area contributed by atoms with Gasteiger partial charge >= 0.3 is 0 Å². The maximum absolute atomic E-state index is 11.1. The lowest BCUT2D eigenvalue weighted by Crippen LogP contribution is -2.41. The minimum absolute atomic E-state index is 0.181. The molecule has 1 aromatic carbocycles. The standard InChI is InChI=1S/C21H32N4O/c1-13(2)23-16-7-8-19-17(11-16)20(21(26)25(19)15(5)6)18-12-24(14(3)4)10-9-22-18/h7-8,11,13-15,23,26H,9-10,12H2,1-6H3. The molecule has 0 amide bonds. The molecule has 0 saturated carbocycles. The lowest BCUT2D eigenvalue weighted by Gasteiger charge is -2.29. The Morgan fingerprint density at radius 2 is 1.81 bits per heavy atom. The molecular formula is C21H32N4O. The quantitative estimate of drug-likeness (QED) is 0.841. The molecule has 5 nitrogen and oxygen atoms in total. The first-order valence-electron chi connectivity index (χ1n) is 9.70. The van der Waals surface area contributed by atoms with E-state index in [0.717, 1.165) is 47.5 Å². The van der Waals surface area contributed by atoms with E-state index in [4.69, 9.17) is 4.99 Å². The van der Waals surface area contributed by atoms with Crippen LogP contribution in [0.4, 0.5) is 5.69 Å². The molecule has 1 aliphatic heterocycles. The summed E-state index contributed by atoms with van der Waals surface area (Å²) in [6.07, 6.45) is 0. The molecule has 1 aromatic heterocycles. The summed E-state index contributed by atoms with van der Waals surface area (Å²) < 4.78 is 2.01. The molecule has 2 aromatic rings. The minimum Gasteiger partial charge on any atom is -0.494 e. The Labute approximate surface area is 156 Å². The predicted octanol–water partition coefficient (Wildman–Crippen LogP) is 4.26. The summed E-state index contributed by atoms with van der Waals surface area (Å²) in [5, 5.41) is 15.6. The van der Waals surface area contributed by atoms with Crippen LogP contribution in [-0.2, 0) is 0 Å². The molecule has 0 saturated heterocycles. The van der Waals surface area contributed by atoms with Crippen LogP contribution in [0.1, 0.15) is 53.1 Å². The van der Waals surface area contributed by atoms with Crippen LogP contribution < -0.4 is 5.32 Å². The minimum atomic E-state index is 0.181. The van der Waals surface area contributed by atoms with Crippen molar-refractivity contribution in [3.05, 3.63) is 23.8 Å². The van der Waals surface area contributed by atoms with Crippen molar-refractivity contribution in [3.8, 4) is 5.88 Å². The van der Waals surface area contributed by atoms with E-state index in [2.05, 4.69) is 70.0 Å². The summed E-state index contributed by atoms with van der Waals surface area (Å²) in [6.45, 7) is 15.4. The molecule has 0 bridgehead atoms. The largest absolute Gasteiger partial charge is 0.494 e. The van der Waals surface area contributed by atoms with Crippen molar-refractivity contribution in [2.45, 2.75) is 59.7 Å². The van der Waals surface area contributed by atoms with Gasteiger partial charge < -0.3 is 15.0 Å². The normalized spacial score (nSPS) is 16.1. The number of anilines is 1. The number of aromatic hydroxyl groups is 1. The number of nitrogens with one attached hydrogen (secondary N) is 1. The molecule has 142 valence electrons. The molecule has 26 heavy (non-hydrogen) atoms. The molecule has 0 aliphatic carbocycles. The number of benzene rings is 1. The third kappa shape index (κ3) is 3.45. The van der Waals surface area contributed by atoms with Gasteiger partial charge in [-0.1, -0.05) is 0 Å². The van der Waals surface area contributed by atoms with E-state index in [9.17, 15) is 5.11 Å². The zero-order valence-electron chi connectivity index (χ0n) is 16.9. The van der Waals surface area contributed by atoms with E-state index in [0.29, 0.717) is 18.0 Å². The van der Waals surface area contributed by atoms with Crippen molar-refractivity contribution in [2.75, 3.05) is 25.0 Å². The highest BCUT2D eigenvalue weighted by atomic mass is 16.3. The van der Waals surface area contributed by atoms with E-state index >= 15 is 0 Å². The molecule has 0 unspecified atom stereocenters. The van der Waals surface area contributed by atoms with Crippen molar-refractivity contribution >= 4 is 22.3 Å². The summed E-state index contributed by atoms with van der Waals surface area (Å²) in [6, 6.07) is 7.36. The van der Waals surface area contributed by atoms with Crippen LogP contribution in [0, 0.1) is 0 Å². The second-order valence-corrected chi connectivity index (χ2v) is 8.09. The van der Waals surface area contributed by atoms with Gasteiger partial charge in [-0.2, -0.15) is 0 Å². The summed E-state index contributed by atoms with van der Waals surface area (Å²) in [4.78, 5) is 7.20. The molecule has 5 heteroatoms. The highest BCUT2D eigenvalue weighted by molar-refractivity contribution is 6.15. The zero-order chi connectivity index (χ0) is 19.0. The van der Waals surface area contributed by atoms with Gasteiger partial charge in [0.15, 0.2) is 0 Å². The van der Waals surface area contributed by atoms with Gasteiger partial charge in [0.25, 0.3) is 0 Å². The summed E-state index contributed by atoms with van der Waals surface area (Å²) in [5.41, 5.74) is 4.03. The van der Waals surface area contributed by atoms with Gasteiger partial charge in [0, 0.05) is 42.3 Å². The third-order valence-electron chi connectivity index (χ3n) is 5.01. The SMILES string of the molecule is CC(C)Nc1ccc2c(c1)c(C1=NCCN(C(C)C)C1)c(O)n2C(C)C. The van der Waals surface area contributed by atoms with Crippen molar-refractivity contribution in [1.82, 2.24) is 9.47 Å². The van der Waals surface area contributed by atoms with E-state index in [1.807, 2.05) is 4.57 Å². The second-order valence-electron chi connectivity index (χ2n) is 8.09. The van der Waals surface area contributed by atoms with E-state index in [1.54, 1.807) is 0 Å². The van der Waals surface area contributed by atoms with Crippen LogP contribution in [-0.4, -0.2) is 52.0 Å². The first-order chi connectivity index (χ1) is 12.3. The average molecular weight is 357 g/mol. The number of aliphatic imine (C=N–C) groups is 1. The fourth-order valence-electron chi connectivity index (χ4n) is 3.77. The summed E-state index contributed by atoms with van der Waals surface area (Å²) in [5.74, 6) is 0.334. The van der Waals surface area contributed by atoms with Crippen LogP contribution in [0.5, 0.6) is 5.88 Å². The molecule has 0 atom stereocenters. The van der Waals surface area contributed by atoms with E-state index in [1.165, 1.54) is 0 Å². The molecular weight excluding hydrogens is 324 g/mol. The third-order valence-corrected chi connectivity index (χ3v) is 5.01. The van der Waals surface area contributed by atoms with Crippen LogP contribution >= 0.6 is 0 Å². The Bertz CT molecular complexity index is 817. The lowest BCUT2D eigenvalue weighted by atomic mass is 10.0. The summed E-state index contributed by atoms with van der Waals surface area (Å²) in [7, 11) is 0. The maximum atomic E-state index is 11.1. The second kappa shape index (κ2) is 7.31. The van der Waals surface area contributed by atoms with Crippen LogP contribution in [0.25, 0.3) is 10.9 Å². The fraction of sp³-hybridized carbons (Fsp3) is 0.571. The summed E-state index contributed by atoms with van der Waals surface area (Å²) >= 11 is 0. The van der Waals surface area contributed by atoms with Crippen LogP contribution in [0.15, 0.2) is 23.2 Å². The lowest BCUT2D eigenvalue weighted by molar-refractivity contribution is 0.252. The smallest absolute Gasteiger partial charge is 0.201 e. The van der Waals surface area contributed by atoms with Gasteiger partial charge in [-0.3, -0.25) is 9.89 Å². The Morgan fingerprint density at radius 3 is 2.42 bits per heavy atom. The van der Waals surface area contributed by atoms with Crippen molar-refractivity contribution in [1.29, 1.82) is 0 Å². The average Bonchev–Trinajstić information content (AvgIpc) is 2.85.